The lowest BCUT2D eigenvalue weighted by Gasteiger charge is -2.17. The predicted octanol–water partition coefficient (Wildman–Crippen LogP) is 3.47. The summed E-state index contributed by atoms with van der Waals surface area (Å²) in [6.45, 7) is 8.39. The lowest BCUT2D eigenvalue weighted by molar-refractivity contribution is 0.469. The van der Waals surface area contributed by atoms with Crippen molar-refractivity contribution < 1.29 is 18.6 Å². The van der Waals surface area contributed by atoms with Crippen LogP contribution in [0.4, 0.5) is 0 Å². The molecule has 4 nitrogen and oxygen atoms in total. The lowest BCUT2D eigenvalue weighted by Crippen LogP contribution is -2.11. The molecule has 0 fully saturated rings. The van der Waals surface area contributed by atoms with Gasteiger partial charge in [-0.25, -0.2) is 8.42 Å². The number of aryl methyl sites for hydroxylation is 3. The van der Waals surface area contributed by atoms with Gasteiger partial charge in [-0.1, -0.05) is 0 Å². The van der Waals surface area contributed by atoms with Gasteiger partial charge < -0.3 is 10.2 Å². The number of hydrogen-bond donors (Lipinski definition) is 2. The summed E-state index contributed by atoms with van der Waals surface area (Å²) in [7, 11) is -3.74. The standard InChI is InChI=1S/C17H20O4S/c1-9-6-14(18)7-10(2)16(9)22(20,21)17-11(3)8-15(19)12(4)13(17)5/h6-8,18-19H,1-5H3. The van der Waals surface area contributed by atoms with E-state index in [-0.39, 0.29) is 21.3 Å². The average molecular weight is 320 g/mol. The number of hydrogen-bond acceptors (Lipinski definition) is 4. The summed E-state index contributed by atoms with van der Waals surface area (Å²) < 4.78 is 26.3. The molecule has 0 saturated carbocycles. The minimum absolute atomic E-state index is 0.0456. The monoisotopic (exact) mass is 320 g/mol. The Labute approximate surface area is 131 Å². The highest BCUT2D eigenvalue weighted by Gasteiger charge is 2.27. The zero-order chi connectivity index (χ0) is 16.8. The first-order chi connectivity index (χ1) is 10.1. The molecule has 0 aliphatic rings. The van der Waals surface area contributed by atoms with Crippen LogP contribution in [0.2, 0.25) is 0 Å². The van der Waals surface area contributed by atoms with Crippen LogP contribution in [-0.4, -0.2) is 18.6 Å². The molecule has 2 aromatic carbocycles. The maximum atomic E-state index is 13.1. The van der Waals surface area contributed by atoms with E-state index < -0.39 is 9.84 Å². The van der Waals surface area contributed by atoms with Crippen LogP contribution in [0.1, 0.15) is 27.8 Å². The maximum Gasteiger partial charge on any atom is 0.207 e. The molecule has 0 unspecified atom stereocenters. The van der Waals surface area contributed by atoms with Crippen LogP contribution in [0, 0.1) is 34.6 Å². The second-order valence-electron chi connectivity index (χ2n) is 5.70. The number of benzene rings is 2. The normalized spacial score (nSPS) is 11.7. The lowest BCUT2D eigenvalue weighted by atomic mass is 10.1. The van der Waals surface area contributed by atoms with E-state index in [0.29, 0.717) is 27.8 Å². The highest BCUT2D eigenvalue weighted by Crippen LogP contribution is 2.36. The fourth-order valence-corrected chi connectivity index (χ4v) is 5.11. The summed E-state index contributed by atoms with van der Waals surface area (Å²) in [5.41, 5.74) is 2.61. The van der Waals surface area contributed by atoms with Crippen molar-refractivity contribution in [2.75, 3.05) is 0 Å². The molecule has 2 aromatic rings. The van der Waals surface area contributed by atoms with Crippen LogP contribution in [0.3, 0.4) is 0 Å². The number of phenols is 2. The Morgan fingerprint density at radius 1 is 0.727 bits per heavy atom. The van der Waals surface area contributed by atoms with E-state index in [4.69, 9.17) is 0 Å². The first kappa shape index (κ1) is 16.4. The van der Waals surface area contributed by atoms with Crippen LogP contribution >= 0.6 is 0 Å². The van der Waals surface area contributed by atoms with Crippen molar-refractivity contribution in [1.29, 1.82) is 0 Å². The number of sulfone groups is 1. The molecule has 0 spiro atoms. The second-order valence-corrected chi connectivity index (χ2v) is 7.53. The largest absolute Gasteiger partial charge is 0.508 e. The van der Waals surface area contributed by atoms with E-state index in [2.05, 4.69) is 0 Å². The van der Waals surface area contributed by atoms with Crippen molar-refractivity contribution in [3.05, 3.63) is 46.0 Å². The second kappa shape index (κ2) is 5.32. The van der Waals surface area contributed by atoms with Gasteiger partial charge in [0.05, 0.1) is 9.79 Å². The fourth-order valence-electron chi connectivity index (χ4n) is 2.90. The van der Waals surface area contributed by atoms with Gasteiger partial charge in [0.2, 0.25) is 9.84 Å². The van der Waals surface area contributed by atoms with E-state index >= 15 is 0 Å². The molecule has 118 valence electrons. The summed E-state index contributed by atoms with van der Waals surface area (Å²) in [6.07, 6.45) is 0. The molecule has 0 heterocycles. The van der Waals surface area contributed by atoms with Crippen molar-refractivity contribution >= 4 is 9.84 Å². The van der Waals surface area contributed by atoms with Crippen molar-refractivity contribution in [2.45, 2.75) is 44.4 Å². The predicted molar refractivity (Wildman–Crippen MR) is 85.4 cm³/mol. The minimum atomic E-state index is -3.74. The number of rotatable bonds is 2. The first-order valence-electron chi connectivity index (χ1n) is 6.92. The fraction of sp³-hybridized carbons (Fsp3) is 0.294. The van der Waals surface area contributed by atoms with E-state index in [1.165, 1.54) is 18.2 Å². The molecule has 2 rings (SSSR count). The SMILES string of the molecule is Cc1cc(O)cc(C)c1S(=O)(=O)c1c(C)cc(O)c(C)c1C. The third-order valence-corrected chi connectivity index (χ3v) is 6.33. The highest BCUT2D eigenvalue weighted by molar-refractivity contribution is 7.91. The van der Waals surface area contributed by atoms with Gasteiger partial charge in [-0.05, 0) is 80.6 Å². The van der Waals surface area contributed by atoms with Gasteiger partial charge in [-0.15, -0.1) is 0 Å². The molecule has 2 N–H and O–H groups in total. The van der Waals surface area contributed by atoms with E-state index in [9.17, 15) is 18.6 Å². The maximum absolute atomic E-state index is 13.1. The topological polar surface area (TPSA) is 74.6 Å². The Kier molecular flexibility index (Phi) is 3.96. The molecule has 0 bridgehead atoms. The third-order valence-electron chi connectivity index (χ3n) is 3.98. The zero-order valence-electron chi connectivity index (χ0n) is 13.4. The van der Waals surface area contributed by atoms with Crippen molar-refractivity contribution in [2.24, 2.45) is 0 Å². The summed E-state index contributed by atoms with van der Waals surface area (Å²) >= 11 is 0. The van der Waals surface area contributed by atoms with Crippen molar-refractivity contribution in [3.63, 3.8) is 0 Å². The molecule has 0 aromatic heterocycles. The Hall–Kier alpha value is -2.01. The van der Waals surface area contributed by atoms with Crippen molar-refractivity contribution in [1.82, 2.24) is 0 Å². The molecule has 0 atom stereocenters. The summed E-state index contributed by atoms with van der Waals surface area (Å²) in [5, 5.41) is 19.5. The summed E-state index contributed by atoms with van der Waals surface area (Å²) in [5.74, 6) is 0.136. The molecule has 0 radical (unpaired) electrons. The summed E-state index contributed by atoms with van der Waals surface area (Å²) in [6, 6.07) is 4.36. The number of phenolic OH excluding ortho intramolecular Hbond substituents is 2. The van der Waals surface area contributed by atoms with Crippen molar-refractivity contribution in [3.8, 4) is 11.5 Å². The van der Waals surface area contributed by atoms with Gasteiger partial charge in [0.25, 0.3) is 0 Å². The van der Waals surface area contributed by atoms with Gasteiger partial charge in [0.15, 0.2) is 0 Å². The quantitative estimate of drug-likeness (QED) is 0.888. The molecule has 0 aliphatic heterocycles. The molecule has 0 aliphatic carbocycles. The van der Waals surface area contributed by atoms with Crippen LogP contribution < -0.4 is 0 Å². The molecular formula is C17H20O4S. The van der Waals surface area contributed by atoms with Gasteiger partial charge in [0.1, 0.15) is 11.5 Å². The van der Waals surface area contributed by atoms with Crippen LogP contribution in [0.25, 0.3) is 0 Å². The van der Waals surface area contributed by atoms with E-state index in [1.54, 1.807) is 34.6 Å². The van der Waals surface area contributed by atoms with Gasteiger partial charge in [0, 0.05) is 0 Å². The molecular weight excluding hydrogens is 300 g/mol. The molecule has 5 heteroatoms. The molecule has 0 saturated heterocycles. The average Bonchev–Trinajstić information content (AvgIpc) is 2.33. The first-order valence-corrected chi connectivity index (χ1v) is 8.40. The van der Waals surface area contributed by atoms with E-state index in [1.807, 2.05) is 0 Å². The highest BCUT2D eigenvalue weighted by atomic mass is 32.2. The smallest absolute Gasteiger partial charge is 0.207 e. The minimum Gasteiger partial charge on any atom is -0.508 e. The zero-order valence-corrected chi connectivity index (χ0v) is 14.2. The number of aromatic hydroxyl groups is 2. The van der Waals surface area contributed by atoms with E-state index in [0.717, 1.165) is 0 Å². The Bertz CT molecular complexity index is 842. The third kappa shape index (κ3) is 2.46. The Balaban J connectivity index is 2.87. The van der Waals surface area contributed by atoms with Gasteiger partial charge >= 0.3 is 0 Å². The Morgan fingerprint density at radius 2 is 1.18 bits per heavy atom. The molecule has 22 heavy (non-hydrogen) atoms. The Morgan fingerprint density at radius 3 is 1.68 bits per heavy atom. The van der Waals surface area contributed by atoms with Gasteiger partial charge in [-0.2, -0.15) is 0 Å². The van der Waals surface area contributed by atoms with Gasteiger partial charge in [-0.3, -0.25) is 0 Å². The van der Waals surface area contributed by atoms with Crippen LogP contribution in [0.5, 0.6) is 11.5 Å². The van der Waals surface area contributed by atoms with Crippen LogP contribution in [0.15, 0.2) is 28.0 Å². The molecule has 0 amide bonds. The summed E-state index contributed by atoms with van der Waals surface area (Å²) in [4.78, 5) is 0.432. The van der Waals surface area contributed by atoms with Crippen LogP contribution in [-0.2, 0) is 9.84 Å².